The van der Waals surface area contributed by atoms with Crippen LogP contribution >= 0.6 is 11.3 Å². The molecular formula is C19H19N3O3S. The second kappa shape index (κ2) is 7.97. The minimum atomic E-state index is -0.754. The zero-order chi connectivity index (χ0) is 18.5. The maximum absolute atomic E-state index is 12.3. The van der Waals surface area contributed by atoms with Gasteiger partial charge in [-0.25, -0.2) is 4.98 Å². The molecule has 1 unspecified atom stereocenters. The van der Waals surface area contributed by atoms with E-state index in [0.29, 0.717) is 17.9 Å². The van der Waals surface area contributed by atoms with Crippen molar-refractivity contribution >= 4 is 23.2 Å². The molecule has 0 aliphatic rings. The highest BCUT2D eigenvalue weighted by atomic mass is 32.1. The molecule has 0 spiro atoms. The number of aryl methyl sites for hydroxylation is 1. The molecular weight excluding hydrogens is 350 g/mol. The molecule has 3 rings (SSSR count). The molecule has 0 fully saturated rings. The molecule has 1 atom stereocenters. The number of thiazole rings is 1. The third-order valence-corrected chi connectivity index (χ3v) is 4.71. The van der Waals surface area contributed by atoms with Crippen molar-refractivity contribution in [3.8, 4) is 10.8 Å². The lowest BCUT2D eigenvalue weighted by molar-refractivity contribution is -0.127. The van der Waals surface area contributed by atoms with Crippen molar-refractivity contribution in [1.82, 2.24) is 10.3 Å². The molecule has 0 radical (unpaired) electrons. The van der Waals surface area contributed by atoms with E-state index in [1.807, 2.05) is 54.8 Å². The van der Waals surface area contributed by atoms with Gasteiger partial charge in [-0.2, -0.15) is 0 Å². The summed E-state index contributed by atoms with van der Waals surface area (Å²) in [6.07, 6.45) is 0.435. The van der Waals surface area contributed by atoms with E-state index in [-0.39, 0.29) is 12.3 Å². The van der Waals surface area contributed by atoms with Crippen LogP contribution in [0.1, 0.15) is 17.0 Å². The van der Waals surface area contributed by atoms with Gasteiger partial charge in [0.15, 0.2) is 10.8 Å². The first-order chi connectivity index (χ1) is 12.5. The Bertz CT molecular complexity index is 902. The van der Waals surface area contributed by atoms with Crippen LogP contribution in [0.2, 0.25) is 0 Å². The fourth-order valence-corrected chi connectivity index (χ4v) is 3.31. The van der Waals surface area contributed by atoms with Gasteiger partial charge in [0.25, 0.3) is 0 Å². The first-order valence-corrected chi connectivity index (χ1v) is 9.03. The number of nitrogens with one attached hydrogen (secondary N) is 1. The Morgan fingerprint density at radius 3 is 2.65 bits per heavy atom. The van der Waals surface area contributed by atoms with Crippen molar-refractivity contribution in [3.63, 3.8) is 0 Å². The van der Waals surface area contributed by atoms with Crippen LogP contribution in [0.5, 0.6) is 0 Å². The fraction of sp³-hybridized carbons (Fsp3) is 0.211. The number of nitrogens with two attached hydrogens (primary N) is 1. The molecule has 26 heavy (non-hydrogen) atoms. The van der Waals surface area contributed by atoms with Crippen LogP contribution in [0.15, 0.2) is 52.3 Å². The molecule has 0 aliphatic heterocycles. The zero-order valence-electron chi connectivity index (χ0n) is 14.3. The first kappa shape index (κ1) is 17.9. The quantitative estimate of drug-likeness (QED) is 0.668. The SMILES string of the molecule is Cc1ccc(-c2nc(CC(=O)NC(Cc3ccccc3)C(N)=O)cs2)o1. The van der Waals surface area contributed by atoms with Gasteiger partial charge in [0.2, 0.25) is 11.8 Å². The van der Waals surface area contributed by atoms with Gasteiger partial charge in [-0.1, -0.05) is 30.3 Å². The highest BCUT2D eigenvalue weighted by Crippen LogP contribution is 2.25. The summed E-state index contributed by atoms with van der Waals surface area (Å²) >= 11 is 1.41. The number of hydrogen-bond acceptors (Lipinski definition) is 5. The van der Waals surface area contributed by atoms with E-state index in [1.54, 1.807) is 0 Å². The summed E-state index contributed by atoms with van der Waals surface area (Å²) in [4.78, 5) is 28.4. The van der Waals surface area contributed by atoms with Gasteiger partial charge in [0.05, 0.1) is 12.1 Å². The van der Waals surface area contributed by atoms with Crippen molar-refractivity contribution in [2.24, 2.45) is 5.73 Å². The number of furan rings is 1. The molecule has 7 heteroatoms. The van der Waals surface area contributed by atoms with Gasteiger partial charge in [-0.05, 0) is 24.6 Å². The molecule has 3 N–H and O–H groups in total. The number of benzene rings is 1. The van der Waals surface area contributed by atoms with E-state index in [1.165, 1.54) is 11.3 Å². The largest absolute Gasteiger partial charge is 0.459 e. The van der Waals surface area contributed by atoms with E-state index in [2.05, 4.69) is 10.3 Å². The van der Waals surface area contributed by atoms with E-state index < -0.39 is 11.9 Å². The van der Waals surface area contributed by atoms with E-state index in [0.717, 1.165) is 16.3 Å². The average molecular weight is 369 g/mol. The maximum Gasteiger partial charge on any atom is 0.240 e. The summed E-state index contributed by atoms with van der Waals surface area (Å²) < 4.78 is 5.54. The Morgan fingerprint density at radius 2 is 2.00 bits per heavy atom. The molecule has 134 valence electrons. The standard InChI is InChI=1S/C19H19N3O3S/c1-12-7-8-16(25-12)19-21-14(11-26-19)10-17(23)22-15(18(20)24)9-13-5-3-2-4-6-13/h2-8,11,15H,9-10H2,1H3,(H2,20,24)(H,22,23). The van der Waals surface area contributed by atoms with Gasteiger partial charge < -0.3 is 15.5 Å². The third-order valence-electron chi connectivity index (χ3n) is 3.81. The molecule has 2 heterocycles. The molecule has 1 aromatic carbocycles. The predicted octanol–water partition coefficient (Wildman–Crippen LogP) is 2.47. The van der Waals surface area contributed by atoms with E-state index in [9.17, 15) is 9.59 Å². The Kier molecular flexibility index (Phi) is 5.48. The molecule has 2 aromatic heterocycles. The van der Waals surface area contributed by atoms with Crippen LogP contribution in [-0.2, 0) is 22.4 Å². The predicted molar refractivity (Wildman–Crippen MR) is 99.5 cm³/mol. The minimum absolute atomic E-state index is 0.0781. The molecule has 3 aromatic rings. The van der Waals surface area contributed by atoms with E-state index in [4.69, 9.17) is 10.2 Å². The fourth-order valence-electron chi connectivity index (χ4n) is 2.53. The summed E-state index contributed by atoms with van der Waals surface area (Å²) in [5, 5.41) is 5.22. The van der Waals surface area contributed by atoms with Gasteiger partial charge in [-0.3, -0.25) is 9.59 Å². The smallest absolute Gasteiger partial charge is 0.240 e. The highest BCUT2D eigenvalue weighted by molar-refractivity contribution is 7.13. The summed E-state index contributed by atoms with van der Waals surface area (Å²) in [5.41, 5.74) is 6.98. The summed E-state index contributed by atoms with van der Waals surface area (Å²) in [5.74, 6) is 0.627. The molecule has 6 nitrogen and oxygen atoms in total. The number of carbonyl (C=O) groups excluding carboxylic acids is 2. The lowest BCUT2D eigenvalue weighted by Gasteiger charge is -2.15. The van der Waals surface area contributed by atoms with Crippen molar-refractivity contribution in [2.45, 2.75) is 25.8 Å². The normalized spacial score (nSPS) is 11.9. The Morgan fingerprint density at radius 1 is 1.23 bits per heavy atom. The van der Waals surface area contributed by atoms with Crippen LogP contribution in [0.4, 0.5) is 0 Å². The van der Waals surface area contributed by atoms with Crippen molar-refractivity contribution in [2.75, 3.05) is 0 Å². The van der Waals surface area contributed by atoms with E-state index >= 15 is 0 Å². The Balaban J connectivity index is 1.62. The number of aromatic nitrogens is 1. The average Bonchev–Trinajstić information content (AvgIpc) is 3.24. The van der Waals surface area contributed by atoms with Gasteiger partial charge >= 0.3 is 0 Å². The van der Waals surface area contributed by atoms with Crippen molar-refractivity contribution in [1.29, 1.82) is 0 Å². The molecule has 2 amide bonds. The highest BCUT2D eigenvalue weighted by Gasteiger charge is 2.19. The number of primary amides is 1. The van der Waals surface area contributed by atoms with Crippen LogP contribution in [0.3, 0.4) is 0 Å². The summed E-state index contributed by atoms with van der Waals surface area (Å²) in [6, 6.07) is 12.4. The van der Waals surface area contributed by atoms with Gasteiger partial charge in [-0.15, -0.1) is 11.3 Å². The van der Waals surface area contributed by atoms with Crippen molar-refractivity contribution < 1.29 is 14.0 Å². The van der Waals surface area contributed by atoms with Crippen LogP contribution in [0.25, 0.3) is 10.8 Å². The van der Waals surface area contributed by atoms with Crippen molar-refractivity contribution in [3.05, 3.63) is 64.9 Å². The molecule has 0 saturated carbocycles. The number of carbonyl (C=O) groups is 2. The number of hydrogen-bond donors (Lipinski definition) is 2. The second-order valence-electron chi connectivity index (χ2n) is 5.94. The van der Waals surface area contributed by atoms with Crippen LogP contribution < -0.4 is 11.1 Å². The maximum atomic E-state index is 12.3. The van der Waals surface area contributed by atoms with Crippen LogP contribution in [-0.4, -0.2) is 22.8 Å². The number of nitrogens with zero attached hydrogens (tertiary/aromatic N) is 1. The number of rotatable bonds is 7. The Labute approximate surface area is 155 Å². The van der Waals surface area contributed by atoms with Crippen LogP contribution in [0, 0.1) is 6.92 Å². The van der Waals surface area contributed by atoms with Gasteiger partial charge in [0.1, 0.15) is 11.8 Å². The molecule has 0 saturated heterocycles. The summed E-state index contributed by atoms with van der Waals surface area (Å²) in [6.45, 7) is 1.86. The summed E-state index contributed by atoms with van der Waals surface area (Å²) in [7, 11) is 0. The first-order valence-electron chi connectivity index (χ1n) is 8.15. The Hall–Kier alpha value is -2.93. The molecule has 0 bridgehead atoms. The second-order valence-corrected chi connectivity index (χ2v) is 6.80. The third kappa shape index (κ3) is 4.58. The lowest BCUT2D eigenvalue weighted by Crippen LogP contribution is -2.46. The van der Waals surface area contributed by atoms with Gasteiger partial charge in [0, 0.05) is 11.8 Å². The zero-order valence-corrected chi connectivity index (χ0v) is 15.1. The lowest BCUT2D eigenvalue weighted by atomic mass is 10.1. The monoisotopic (exact) mass is 369 g/mol. The number of amides is 2. The topological polar surface area (TPSA) is 98.2 Å². The molecule has 0 aliphatic carbocycles. The minimum Gasteiger partial charge on any atom is -0.459 e.